The van der Waals surface area contributed by atoms with Gasteiger partial charge in [-0.05, 0) is 24.1 Å². The summed E-state index contributed by atoms with van der Waals surface area (Å²) in [5.41, 5.74) is 1.11. The third-order valence-electron chi connectivity index (χ3n) is 4.35. The van der Waals surface area contributed by atoms with E-state index in [1.54, 1.807) is 4.90 Å². The molecule has 1 aromatic rings. The second-order valence-electron chi connectivity index (χ2n) is 6.02. The van der Waals surface area contributed by atoms with Crippen LogP contribution in [0.2, 0.25) is 5.02 Å². The summed E-state index contributed by atoms with van der Waals surface area (Å²) >= 11 is 5.99. The van der Waals surface area contributed by atoms with Crippen LogP contribution in [0.5, 0.6) is 0 Å². The van der Waals surface area contributed by atoms with Gasteiger partial charge in [-0.3, -0.25) is 9.69 Å². The number of hydrogen-bond acceptors (Lipinski definition) is 5. The standard InChI is InChI=1S/C15H20ClN3O4S/c16-13-8-11-10-19(3-1-2-18-4-6-23-7-5-18)15(20)12(11)9-14(13)24(17,21)22/h8-9H,1-7,10H2,(H2,17,21,22). The molecule has 132 valence electrons. The van der Waals surface area contributed by atoms with Crippen LogP contribution in [-0.4, -0.2) is 63.5 Å². The number of fused-ring (bicyclic) bond motifs is 1. The molecule has 2 aliphatic rings. The second kappa shape index (κ2) is 6.97. The summed E-state index contributed by atoms with van der Waals surface area (Å²) in [7, 11) is -3.95. The van der Waals surface area contributed by atoms with Gasteiger partial charge >= 0.3 is 0 Å². The monoisotopic (exact) mass is 373 g/mol. The Morgan fingerprint density at radius 1 is 1.21 bits per heavy atom. The molecule has 1 saturated heterocycles. The molecule has 1 aromatic carbocycles. The van der Waals surface area contributed by atoms with E-state index in [-0.39, 0.29) is 15.8 Å². The zero-order chi connectivity index (χ0) is 17.3. The van der Waals surface area contributed by atoms with Gasteiger partial charge in [0.05, 0.1) is 18.2 Å². The number of nitrogens with two attached hydrogens (primary N) is 1. The molecule has 0 aliphatic carbocycles. The molecule has 0 spiro atoms. The molecular weight excluding hydrogens is 354 g/mol. The van der Waals surface area contributed by atoms with E-state index >= 15 is 0 Å². The van der Waals surface area contributed by atoms with Gasteiger partial charge in [0.2, 0.25) is 10.0 Å². The Morgan fingerprint density at radius 3 is 2.58 bits per heavy atom. The van der Waals surface area contributed by atoms with Crippen LogP contribution in [0.25, 0.3) is 0 Å². The van der Waals surface area contributed by atoms with Crippen molar-refractivity contribution in [2.75, 3.05) is 39.4 Å². The van der Waals surface area contributed by atoms with Gasteiger partial charge in [-0.1, -0.05) is 11.6 Å². The number of morpholine rings is 1. The van der Waals surface area contributed by atoms with Crippen LogP contribution in [0.3, 0.4) is 0 Å². The SMILES string of the molecule is NS(=O)(=O)c1cc2c(cc1Cl)CN(CCCN1CCOCC1)C2=O. The first-order valence-corrected chi connectivity index (χ1v) is 9.73. The number of ether oxygens (including phenoxy) is 1. The molecule has 0 aromatic heterocycles. The van der Waals surface area contributed by atoms with Crippen molar-refractivity contribution in [2.24, 2.45) is 5.14 Å². The molecule has 0 atom stereocenters. The van der Waals surface area contributed by atoms with Gasteiger partial charge in [-0.15, -0.1) is 0 Å². The molecule has 24 heavy (non-hydrogen) atoms. The number of sulfonamides is 1. The van der Waals surface area contributed by atoms with E-state index < -0.39 is 10.0 Å². The van der Waals surface area contributed by atoms with E-state index in [0.29, 0.717) is 18.7 Å². The predicted octanol–water partition coefficient (Wildman–Crippen LogP) is 0.666. The third-order valence-corrected chi connectivity index (χ3v) is 5.72. The first-order chi connectivity index (χ1) is 11.4. The minimum absolute atomic E-state index is 0.0548. The fourth-order valence-corrected chi connectivity index (χ4v) is 4.20. The molecule has 7 nitrogen and oxygen atoms in total. The Kier molecular flexibility index (Phi) is 5.12. The number of benzene rings is 1. The van der Waals surface area contributed by atoms with Crippen molar-refractivity contribution in [3.8, 4) is 0 Å². The molecule has 2 aliphatic heterocycles. The number of primary sulfonamides is 1. The Morgan fingerprint density at radius 2 is 1.92 bits per heavy atom. The summed E-state index contributed by atoms with van der Waals surface area (Å²) in [4.78, 5) is 16.3. The van der Waals surface area contributed by atoms with Crippen molar-refractivity contribution in [2.45, 2.75) is 17.9 Å². The van der Waals surface area contributed by atoms with Gasteiger partial charge in [-0.25, -0.2) is 13.6 Å². The maximum atomic E-state index is 12.5. The van der Waals surface area contributed by atoms with Crippen molar-refractivity contribution >= 4 is 27.5 Å². The highest BCUT2D eigenvalue weighted by molar-refractivity contribution is 7.89. The molecule has 1 amide bonds. The van der Waals surface area contributed by atoms with Gasteiger partial charge in [-0.2, -0.15) is 0 Å². The Labute approximate surface area is 146 Å². The Bertz CT molecular complexity index is 747. The first kappa shape index (κ1) is 17.6. The predicted molar refractivity (Wildman–Crippen MR) is 89.4 cm³/mol. The van der Waals surface area contributed by atoms with Crippen molar-refractivity contribution < 1.29 is 17.9 Å². The Hall–Kier alpha value is -1.19. The average Bonchev–Trinajstić information content (AvgIpc) is 2.82. The number of amides is 1. The maximum Gasteiger partial charge on any atom is 0.254 e. The maximum absolute atomic E-state index is 12.5. The summed E-state index contributed by atoms with van der Waals surface area (Å²) in [6.45, 7) is 5.32. The quantitative estimate of drug-likeness (QED) is 0.818. The minimum Gasteiger partial charge on any atom is -0.379 e. The van der Waals surface area contributed by atoms with Crippen LogP contribution in [-0.2, 0) is 21.3 Å². The number of halogens is 1. The summed E-state index contributed by atoms with van der Waals surface area (Å²) in [6.07, 6.45) is 0.857. The topological polar surface area (TPSA) is 92.9 Å². The largest absolute Gasteiger partial charge is 0.379 e. The van der Waals surface area contributed by atoms with Crippen LogP contribution in [0, 0.1) is 0 Å². The van der Waals surface area contributed by atoms with Crippen molar-refractivity contribution in [1.82, 2.24) is 9.80 Å². The van der Waals surface area contributed by atoms with Crippen molar-refractivity contribution in [1.29, 1.82) is 0 Å². The van der Waals surface area contributed by atoms with Crippen molar-refractivity contribution in [3.05, 3.63) is 28.3 Å². The van der Waals surface area contributed by atoms with Gasteiger partial charge in [0.25, 0.3) is 5.91 Å². The van der Waals surface area contributed by atoms with Crippen LogP contribution in [0.1, 0.15) is 22.3 Å². The first-order valence-electron chi connectivity index (χ1n) is 7.81. The summed E-state index contributed by atoms with van der Waals surface area (Å²) in [6, 6.07) is 2.81. The highest BCUT2D eigenvalue weighted by Crippen LogP contribution is 2.30. The van der Waals surface area contributed by atoms with E-state index in [1.165, 1.54) is 12.1 Å². The number of nitrogens with zero attached hydrogens (tertiary/aromatic N) is 2. The summed E-state index contributed by atoms with van der Waals surface area (Å²) < 4.78 is 28.4. The normalized spacial score (nSPS) is 18.9. The van der Waals surface area contributed by atoms with Crippen LogP contribution in [0.4, 0.5) is 0 Å². The molecule has 0 unspecified atom stereocenters. The van der Waals surface area contributed by atoms with Crippen molar-refractivity contribution in [3.63, 3.8) is 0 Å². The minimum atomic E-state index is -3.95. The zero-order valence-corrected chi connectivity index (χ0v) is 14.8. The smallest absolute Gasteiger partial charge is 0.254 e. The summed E-state index contributed by atoms with van der Waals surface area (Å²) in [5.74, 6) is -0.173. The van der Waals surface area contributed by atoms with E-state index in [4.69, 9.17) is 21.5 Å². The van der Waals surface area contributed by atoms with Gasteiger partial charge in [0.1, 0.15) is 4.90 Å². The highest BCUT2D eigenvalue weighted by Gasteiger charge is 2.30. The molecule has 3 rings (SSSR count). The number of carbonyl (C=O) groups is 1. The Balaban J connectivity index is 1.65. The average molecular weight is 374 g/mol. The molecule has 0 bridgehead atoms. The second-order valence-corrected chi connectivity index (χ2v) is 7.96. The van der Waals surface area contributed by atoms with Crippen LogP contribution in [0.15, 0.2) is 17.0 Å². The van der Waals surface area contributed by atoms with E-state index in [9.17, 15) is 13.2 Å². The van der Waals surface area contributed by atoms with E-state index in [0.717, 1.165) is 44.8 Å². The van der Waals surface area contributed by atoms with Gasteiger partial charge in [0, 0.05) is 38.3 Å². The molecule has 0 saturated carbocycles. The number of hydrogen-bond donors (Lipinski definition) is 1. The van der Waals surface area contributed by atoms with Crippen LogP contribution < -0.4 is 5.14 Å². The van der Waals surface area contributed by atoms with Gasteiger partial charge in [0.15, 0.2) is 0 Å². The van der Waals surface area contributed by atoms with Gasteiger partial charge < -0.3 is 9.64 Å². The number of carbonyl (C=O) groups excluding carboxylic acids is 1. The number of rotatable bonds is 5. The molecule has 9 heteroatoms. The van der Waals surface area contributed by atoms with E-state index in [1.807, 2.05) is 0 Å². The highest BCUT2D eigenvalue weighted by atomic mass is 35.5. The fraction of sp³-hybridized carbons (Fsp3) is 0.533. The lowest BCUT2D eigenvalue weighted by Gasteiger charge is -2.27. The molecule has 0 radical (unpaired) electrons. The lowest BCUT2D eigenvalue weighted by Crippen LogP contribution is -2.38. The lowest BCUT2D eigenvalue weighted by molar-refractivity contribution is 0.0358. The third kappa shape index (κ3) is 3.73. The van der Waals surface area contributed by atoms with E-state index in [2.05, 4.69) is 4.90 Å². The summed E-state index contributed by atoms with van der Waals surface area (Å²) in [5, 5.41) is 5.20. The molecular formula is C15H20ClN3O4S. The molecule has 2 heterocycles. The zero-order valence-electron chi connectivity index (χ0n) is 13.2. The van der Waals surface area contributed by atoms with Crippen LogP contribution >= 0.6 is 11.6 Å². The molecule has 2 N–H and O–H groups in total. The molecule has 1 fully saturated rings. The fourth-order valence-electron chi connectivity index (χ4n) is 3.08. The lowest BCUT2D eigenvalue weighted by atomic mass is 10.1.